The van der Waals surface area contributed by atoms with Gasteiger partial charge in [0, 0.05) is 16.9 Å². The molecule has 1 fully saturated rings. The lowest BCUT2D eigenvalue weighted by molar-refractivity contribution is 0.0912. The quantitative estimate of drug-likeness (QED) is 0.635. The number of nitrogens with zero attached hydrogens (tertiary/aromatic N) is 6. The minimum Gasteiger partial charge on any atom is -0.376 e. The average Bonchev–Trinajstić information content (AvgIpc) is 3.36. The number of fused-ring (bicyclic) bond motifs is 3. The number of hydrogen-bond acceptors (Lipinski definition) is 8. The van der Waals surface area contributed by atoms with Crippen molar-refractivity contribution in [3.05, 3.63) is 16.8 Å². The van der Waals surface area contributed by atoms with Gasteiger partial charge in [-0.15, -0.1) is 16.4 Å². The molecule has 1 aliphatic carbocycles. The molecule has 4 heterocycles. The van der Waals surface area contributed by atoms with E-state index in [9.17, 15) is 0 Å². The fraction of sp³-hybridized carbons (Fsp3) is 0.588. The molecular weight excluding hydrogens is 368 g/mol. The minimum absolute atomic E-state index is 0.207. The van der Waals surface area contributed by atoms with Gasteiger partial charge < -0.3 is 4.74 Å². The number of hydrogen-bond donors (Lipinski definition) is 0. The second kappa shape index (κ2) is 6.86. The van der Waals surface area contributed by atoms with E-state index in [0.717, 1.165) is 53.2 Å². The largest absolute Gasteiger partial charge is 0.376 e. The normalized spacial score (nSPS) is 22.8. The molecule has 1 aliphatic heterocycles. The first-order valence-corrected chi connectivity index (χ1v) is 10.7. The third kappa shape index (κ3) is 3.01. The molecule has 0 radical (unpaired) electrons. The summed E-state index contributed by atoms with van der Waals surface area (Å²) in [6.07, 6.45) is 7.53. The van der Waals surface area contributed by atoms with Crippen LogP contribution in [0.2, 0.25) is 0 Å². The highest BCUT2D eigenvalue weighted by Gasteiger charge is 2.25. The van der Waals surface area contributed by atoms with E-state index in [1.54, 1.807) is 6.33 Å². The van der Waals surface area contributed by atoms with E-state index in [-0.39, 0.29) is 6.10 Å². The summed E-state index contributed by atoms with van der Waals surface area (Å²) in [5.41, 5.74) is 1.43. The molecular formula is C17H20N6OS2. The lowest BCUT2D eigenvalue weighted by Gasteiger charge is -2.18. The van der Waals surface area contributed by atoms with E-state index in [4.69, 9.17) is 4.74 Å². The van der Waals surface area contributed by atoms with Crippen molar-refractivity contribution in [3.63, 3.8) is 0 Å². The van der Waals surface area contributed by atoms with E-state index < -0.39 is 0 Å². The summed E-state index contributed by atoms with van der Waals surface area (Å²) in [4.78, 5) is 11.7. The molecule has 2 unspecified atom stereocenters. The molecule has 2 atom stereocenters. The van der Waals surface area contributed by atoms with Crippen molar-refractivity contribution in [2.45, 2.75) is 61.9 Å². The van der Waals surface area contributed by atoms with Gasteiger partial charge in [-0.1, -0.05) is 6.92 Å². The Kier molecular flexibility index (Phi) is 4.38. The monoisotopic (exact) mass is 388 g/mol. The van der Waals surface area contributed by atoms with Gasteiger partial charge in [0.1, 0.15) is 16.2 Å². The Labute approximate surface area is 159 Å². The fourth-order valence-corrected chi connectivity index (χ4v) is 6.08. The second-order valence-corrected chi connectivity index (χ2v) is 9.13. The number of tetrazole rings is 1. The van der Waals surface area contributed by atoms with Crippen LogP contribution in [0.3, 0.4) is 0 Å². The summed E-state index contributed by atoms with van der Waals surface area (Å²) in [5, 5.41) is 15.2. The molecule has 0 spiro atoms. The van der Waals surface area contributed by atoms with Crippen LogP contribution in [0.4, 0.5) is 0 Å². The highest BCUT2D eigenvalue weighted by atomic mass is 32.2. The van der Waals surface area contributed by atoms with Crippen LogP contribution in [0.25, 0.3) is 10.2 Å². The van der Waals surface area contributed by atoms with Crippen molar-refractivity contribution < 1.29 is 4.74 Å². The Hall–Kier alpha value is -1.58. The topological polar surface area (TPSA) is 78.6 Å². The van der Waals surface area contributed by atoms with Gasteiger partial charge in [0.2, 0.25) is 5.16 Å². The zero-order valence-corrected chi connectivity index (χ0v) is 16.2. The van der Waals surface area contributed by atoms with Crippen LogP contribution < -0.4 is 0 Å². The number of ether oxygens (including phenoxy) is 1. The van der Waals surface area contributed by atoms with Gasteiger partial charge in [0.15, 0.2) is 0 Å². The minimum atomic E-state index is 0.207. The molecule has 3 aromatic rings. The Morgan fingerprint density at radius 1 is 1.35 bits per heavy atom. The molecule has 7 nitrogen and oxygen atoms in total. The molecule has 5 rings (SSSR count). The van der Waals surface area contributed by atoms with Gasteiger partial charge in [-0.3, -0.25) is 0 Å². The van der Waals surface area contributed by atoms with Crippen molar-refractivity contribution >= 4 is 33.3 Å². The Balaban J connectivity index is 1.48. The van der Waals surface area contributed by atoms with Crippen LogP contribution in [0.15, 0.2) is 16.5 Å². The molecule has 9 heteroatoms. The molecule has 0 saturated carbocycles. The summed E-state index contributed by atoms with van der Waals surface area (Å²) in [5.74, 6) is 0.748. The maximum absolute atomic E-state index is 5.72. The lowest BCUT2D eigenvalue weighted by Crippen LogP contribution is -2.16. The number of aromatic nitrogens is 6. The lowest BCUT2D eigenvalue weighted by atomic mass is 9.89. The molecule has 2 aliphatic rings. The van der Waals surface area contributed by atoms with E-state index in [1.165, 1.54) is 34.0 Å². The predicted molar refractivity (Wildman–Crippen MR) is 99.5 cm³/mol. The van der Waals surface area contributed by atoms with Crippen LogP contribution in [-0.4, -0.2) is 42.9 Å². The van der Waals surface area contributed by atoms with E-state index in [0.29, 0.717) is 6.54 Å². The van der Waals surface area contributed by atoms with Gasteiger partial charge in [-0.05, 0) is 65.8 Å². The highest BCUT2D eigenvalue weighted by molar-refractivity contribution is 7.99. The molecule has 0 bridgehead atoms. The van der Waals surface area contributed by atoms with Crippen molar-refractivity contribution in [3.8, 4) is 0 Å². The third-order valence-corrected chi connectivity index (χ3v) is 7.28. The Bertz CT molecular complexity index is 933. The summed E-state index contributed by atoms with van der Waals surface area (Å²) in [7, 11) is 0. The molecule has 26 heavy (non-hydrogen) atoms. The maximum atomic E-state index is 5.72. The van der Waals surface area contributed by atoms with Gasteiger partial charge in [0.05, 0.1) is 12.6 Å². The zero-order chi connectivity index (χ0) is 17.5. The molecule has 1 saturated heterocycles. The van der Waals surface area contributed by atoms with E-state index in [2.05, 4.69) is 32.4 Å². The first-order valence-electron chi connectivity index (χ1n) is 9.09. The summed E-state index contributed by atoms with van der Waals surface area (Å²) in [6, 6.07) is 0. The van der Waals surface area contributed by atoms with Gasteiger partial charge in [0.25, 0.3) is 0 Å². The molecule has 0 N–H and O–H groups in total. The van der Waals surface area contributed by atoms with Gasteiger partial charge >= 0.3 is 0 Å². The second-order valence-electron chi connectivity index (χ2n) is 7.09. The number of rotatable bonds is 4. The third-order valence-electron chi connectivity index (χ3n) is 5.14. The van der Waals surface area contributed by atoms with Crippen molar-refractivity contribution in [1.29, 1.82) is 0 Å². The van der Waals surface area contributed by atoms with Crippen molar-refractivity contribution in [1.82, 2.24) is 30.2 Å². The van der Waals surface area contributed by atoms with Crippen LogP contribution in [-0.2, 0) is 24.1 Å². The fourth-order valence-electron chi connectivity index (χ4n) is 3.78. The van der Waals surface area contributed by atoms with Crippen LogP contribution >= 0.6 is 23.1 Å². The summed E-state index contributed by atoms with van der Waals surface area (Å²) in [6.45, 7) is 3.86. The van der Waals surface area contributed by atoms with E-state index in [1.807, 2.05) is 16.0 Å². The first kappa shape index (κ1) is 16.6. The molecule has 0 amide bonds. The van der Waals surface area contributed by atoms with Crippen molar-refractivity contribution in [2.75, 3.05) is 6.61 Å². The maximum Gasteiger partial charge on any atom is 0.215 e. The van der Waals surface area contributed by atoms with Crippen LogP contribution in [0.5, 0.6) is 0 Å². The highest BCUT2D eigenvalue weighted by Crippen LogP contribution is 2.41. The van der Waals surface area contributed by atoms with E-state index >= 15 is 0 Å². The standard InChI is InChI=1S/C17H20N6OS2/c1-10-4-5-12-13(7-10)25-15-14(12)16(19-9-18-15)26-17-20-21-22-23(17)8-11-3-2-6-24-11/h9-11H,2-8H2,1H3. The summed E-state index contributed by atoms with van der Waals surface area (Å²) >= 11 is 3.36. The molecule has 3 aromatic heterocycles. The zero-order valence-electron chi connectivity index (χ0n) is 14.6. The number of aryl methyl sites for hydroxylation is 1. The molecule has 136 valence electrons. The smallest absolute Gasteiger partial charge is 0.215 e. The SMILES string of the molecule is CC1CCc2c(sc3ncnc(Sc4nnnn4CC4CCCO4)c23)C1. The predicted octanol–water partition coefficient (Wildman–Crippen LogP) is 3.13. The summed E-state index contributed by atoms with van der Waals surface area (Å²) < 4.78 is 7.57. The first-order chi connectivity index (χ1) is 12.8. The van der Waals surface area contributed by atoms with Crippen LogP contribution in [0.1, 0.15) is 36.6 Å². The number of thiophene rings is 1. The Morgan fingerprint density at radius 2 is 2.31 bits per heavy atom. The van der Waals surface area contributed by atoms with Crippen molar-refractivity contribution in [2.24, 2.45) is 5.92 Å². The van der Waals surface area contributed by atoms with Gasteiger partial charge in [-0.25, -0.2) is 14.6 Å². The average molecular weight is 389 g/mol. The molecule has 0 aromatic carbocycles. The Morgan fingerprint density at radius 3 is 3.19 bits per heavy atom. The van der Waals surface area contributed by atoms with Gasteiger partial charge in [-0.2, -0.15) is 0 Å². The van der Waals surface area contributed by atoms with Crippen LogP contribution in [0, 0.1) is 5.92 Å².